The first-order valence-electron chi connectivity index (χ1n) is 8.97. The van der Waals surface area contributed by atoms with E-state index < -0.39 is 0 Å². The molecule has 1 aliphatic heterocycles. The van der Waals surface area contributed by atoms with E-state index >= 15 is 0 Å². The quantitative estimate of drug-likeness (QED) is 0.759. The van der Waals surface area contributed by atoms with Gasteiger partial charge in [0.15, 0.2) is 5.82 Å². The number of hydrogen-bond acceptors (Lipinski definition) is 5. The highest BCUT2D eigenvalue weighted by atomic mass is 32.2. The predicted molar refractivity (Wildman–Crippen MR) is 104 cm³/mol. The van der Waals surface area contributed by atoms with Gasteiger partial charge in [0.1, 0.15) is 17.3 Å². The van der Waals surface area contributed by atoms with E-state index in [1.807, 2.05) is 34.6 Å². The molecule has 1 aromatic carbocycles. The van der Waals surface area contributed by atoms with E-state index in [2.05, 4.69) is 24.3 Å². The minimum absolute atomic E-state index is 0.693. The number of ether oxygens (including phenoxy) is 1. The minimum Gasteiger partial charge on any atom is -0.494 e. The summed E-state index contributed by atoms with van der Waals surface area (Å²) in [4.78, 5) is 7.29. The Morgan fingerprint density at radius 2 is 2.00 bits per heavy atom. The molecule has 0 bridgehead atoms. The van der Waals surface area contributed by atoms with Gasteiger partial charge in [0.25, 0.3) is 0 Å². The number of thioether (sulfide) groups is 1. The van der Waals surface area contributed by atoms with Crippen molar-refractivity contribution < 1.29 is 4.74 Å². The molecule has 1 aliphatic rings. The van der Waals surface area contributed by atoms with Gasteiger partial charge in [0.2, 0.25) is 0 Å². The van der Waals surface area contributed by atoms with Crippen LogP contribution in [0, 0.1) is 5.92 Å². The maximum atomic E-state index is 5.53. The van der Waals surface area contributed by atoms with Gasteiger partial charge in [-0.3, -0.25) is 0 Å². The van der Waals surface area contributed by atoms with Crippen LogP contribution >= 0.6 is 11.8 Å². The summed E-state index contributed by atoms with van der Waals surface area (Å²) in [5, 5.41) is 4.86. The highest BCUT2D eigenvalue weighted by Gasteiger charge is 2.21. The van der Waals surface area contributed by atoms with Crippen LogP contribution in [0.4, 0.5) is 0 Å². The molecule has 2 heterocycles. The van der Waals surface area contributed by atoms with Gasteiger partial charge in [-0.1, -0.05) is 12.1 Å². The zero-order chi connectivity index (χ0) is 17.6. The van der Waals surface area contributed by atoms with Crippen molar-refractivity contribution in [3.8, 4) is 11.4 Å². The van der Waals surface area contributed by atoms with Gasteiger partial charge in [0.05, 0.1) is 7.11 Å². The zero-order valence-electron chi connectivity index (χ0n) is 15.4. The fourth-order valence-corrected chi connectivity index (χ4v) is 3.74. The van der Waals surface area contributed by atoms with Gasteiger partial charge in [-0.25, -0.2) is 9.67 Å². The molecule has 2 aromatic rings. The van der Waals surface area contributed by atoms with Crippen LogP contribution in [-0.4, -0.2) is 58.9 Å². The smallest absolute Gasteiger partial charge is 0.151 e. The van der Waals surface area contributed by atoms with Crippen LogP contribution < -0.4 is 4.74 Å². The number of methoxy groups -OCH3 is 1. The van der Waals surface area contributed by atoms with Crippen LogP contribution in [0.3, 0.4) is 0 Å². The Bertz CT molecular complexity index is 680. The highest BCUT2D eigenvalue weighted by molar-refractivity contribution is 7.98. The number of nitrogens with zero attached hydrogens (tertiary/aromatic N) is 4. The van der Waals surface area contributed by atoms with E-state index in [0.29, 0.717) is 5.92 Å². The summed E-state index contributed by atoms with van der Waals surface area (Å²) in [5.41, 5.74) is 0.975. The number of hydrogen-bond donors (Lipinski definition) is 0. The number of para-hydroxylation sites is 2. The molecule has 0 unspecified atom stereocenters. The first-order chi connectivity index (χ1) is 12.2. The molecular formula is C19H28N4OS. The molecular weight excluding hydrogens is 332 g/mol. The molecule has 0 radical (unpaired) electrons. The van der Waals surface area contributed by atoms with Crippen LogP contribution in [0.25, 0.3) is 5.69 Å². The average Bonchev–Trinajstić information content (AvgIpc) is 3.04. The van der Waals surface area contributed by atoms with Gasteiger partial charge in [-0.15, -0.1) is 0 Å². The number of likely N-dealkylation sites (tertiary alicyclic amines) is 1. The first-order valence-corrected chi connectivity index (χ1v) is 10.4. The normalized spacial score (nSPS) is 16.3. The summed E-state index contributed by atoms with van der Waals surface area (Å²) < 4.78 is 7.52. The Morgan fingerprint density at radius 1 is 1.24 bits per heavy atom. The molecule has 5 nitrogen and oxygen atoms in total. The van der Waals surface area contributed by atoms with Crippen molar-refractivity contribution in [1.29, 1.82) is 0 Å². The Labute approximate surface area is 154 Å². The van der Waals surface area contributed by atoms with Crippen LogP contribution in [-0.2, 0) is 12.8 Å². The summed E-state index contributed by atoms with van der Waals surface area (Å²) in [6.07, 6.45) is 6.49. The van der Waals surface area contributed by atoms with Crippen LogP contribution in [0.1, 0.15) is 24.5 Å². The third-order valence-corrected chi connectivity index (χ3v) is 5.48. The first kappa shape index (κ1) is 18.3. The summed E-state index contributed by atoms with van der Waals surface area (Å²) in [6, 6.07) is 8.04. The fraction of sp³-hybridized carbons (Fsp3) is 0.579. The Balaban J connectivity index is 1.84. The lowest BCUT2D eigenvalue weighted by Crippen LogP contribution is -2.31. The van der Waals surface area contributed by atoms with Crippen molar-refractivity contribution in [2.75, 3.05) is 39.3 Å². The lowest BCUT2D eigenvalue weighted by Gasteiger charge is -2.28. The van der Waals surface area contributed by atoms with Crippen LogP contribution in [0.15, 0.2) is 24.3 Å². The van der Waals surface area contributed by atoms with Crippen LogP contribution in [0.5, 0.6) is 5.75 Å². The maximum absolute atomic E-state index is 5.53. The van der Waals surface area contributed by atoms with Crippen molar-refractivity contribution in [3.05, 3.63) is 35.9 Å². The summed E-state index contributed by atoms with van der Waals surface area (Å²) in [6.45, 7) is 2.36. The topological polar surface area (TPSA) is 43.2 Å². The molecule has 1 saturated heterocycles. The van der Waals surface area contributed by atoms with Crippen molar-refractivity contribution in [1.82, 2.24) is 19.7 Å². The van der Waals surface area contributed by atoms with Gasteiger partial charge >= 0.3 is 0 Å². The Hall–Kier alpha value is -1.53. The molecule has 136 valence electrons. The molecule has 0 atom stereocenters. The average molecular weight is 361 g/mol. The molecule has 1 fully saturated rings. The second-order valence-corrected chi connectivity index (χ2v) is 7.71. The number of aromatic nitrogens is 3. The van der Waals surface area contributed by atoms with Crippen molar-refractivity contribution >= 4 is 11.8 Å². The van der Waals surface area contributed by atoms with Gasteiger partial charge in [0, 0.05) is 18.6 Å². The second kappa shape index (κ2) is 8.72. The van der Waals surface area contributed by atoms with E-state index in [4.69, 9.17) is 14.8 Å². The SMILES string of the molecule is COc1ccccc1-n1nc(CC2CCN(C)CC2)nc1CCSC. The zero-order valence-corrected chi connectivity index (χ0v) is 16.3. The third-order valence-electron chi connectivity index (χ3n) is 4.87. The minimum atomic E-state index is 0.693. The van der Waals surface area contributed by atoms with Crippen LogP contribution in [0.2, 0.25) is 0 Å². The fourth-order valence-electron chi connectivity index (χ4n) is 3.36. The molecule has 3 rings (SSSR count). The number of benzene rings is 1. The van der Waals surface area contributed by atoms with Gasteiger partial charge < -0.3 is 9.64 Å². The Morgan fingerprint density at radius 3 is 2.72 bits per heavy atom. The van der Waals surface area contributed by atoms with E-state index in [1.54, 1.807) is 7.11 Å². The molecule has 0 saturated carbocycles. The summed E-state index contributed by atoms with van der Waals surface area (Å²) in [7, 11) is 3.90. The molecule has 1 aromatic heterocycles. The van der Waals surface area contributed by atoms with E-state index in [-0.39, 0.29) is 0 Å². The van der Waals surface area contributed by atoms with Crippen molar-refractivity contribution in [3.63, 3.8) is 0 Å². The van der Waals surface area contributed by atoms with Gasteiger partial charge in [-0.2, -0.15) is 16.9 Å². The number of aryl methyl sites for hydroxylation is 1. The van der Waals surface area contributed by atoms with E-state index in [1.165, 1.54) is 25.9 Å². The van der Waals surface area contributed by atoms with E-state index in [9.17, 15) is 0 Å². The summed E-state index contributed by atoms with van der Waals surface area (Å²) in [5.74, 6) is 4.57. The number of rotatable bonds is 7. The third kappa shape index (κ3) is 4.55. The Kier molecular flexibility index (Phi) is 6.37. The maximum Gasteiger partial charge on any atom is 0.151 e. The molecule has 0 amide bonds. The number of piperidine rings is 1. The molecule has 6 heteroatoms. The predicted octanol–water partition coefficient (Wildman–Crippen LogP) is 3.07. The largest absolute Gasteiger partial charge is 0.494 e. The lowest BCUT2D eigenvalue weighted by atomic mass is 9.94. The summed E-state index contributed by atoms with van der Waals surface area (Å²) >= 11 is 1.84. The molecule has 0 spiro atoms. The standard InChI is InChI=1S/C19H28N4OS/c1-22-11-8-15(9-12-22)14-18-20-19(10-13-25-3)23(21-18)16-6-4-5-7-17(16)24-2/h4-7,15H,8-14H2,1-3H3. The molecule has 25 heavy (non-hydrogen) atoms. The van der Waals surface area contributed by atoms with Gasteiger partial charge in [-0.05, 0) is 57.3 Å². The van der Waals surface area contributed by atoms with E-state index in [0.717, 1.165) is 41.7 Å². The molecule has 0 aliphatic carbocycles. The second-order valence-electron chi connectivity index (χ2n) is 6.72. The monoisotopic (exact) mass is 360 g/mol. The van der Waals surface area contributed by atoms with Crippen molar-refractivity contribution in [2.24, 2.45) is 5.92 Å². The highest BCUT2D eigenvalue weighted by Crippen LogP contribution is 2.25. The lowest BCUT2D eigenvalue weighted by molar-refractivity contribution is 0.217. The van der Waals surface area contributed by atoms with Crippen molar-refractivity contribution in [2.45, 2.75) is 25.7 Å². The molecule has 0 N–H and O–H groups in total.